The Hall–Kier alpha value is -1.54. The van der Waals surface area contributed by atoms with Crippen molar-refractivity contribution in [2.75, 3.05) is 0 Å². The van der Waals surface area contributed by atoms with Gasteiger partial charge in [-0.05, 0) is 64.7 Å². The lowest BCUT2D eigenvalue weighted by molar-refractivity contribution is -0.139. The highest BCUT2D eigenvalue weighted by atomic mass is 79.9. The van der Waals surface area contributed by atoms with Gasteiger partial charge in [-0.3, -0.25) is 4.79 Å². The second kappa shape index (κ2) is 9.51. The largest absolute Gasteiger partial charge is 0.399 e. The Morgan fingerprint density at radius 2 is 1.79 bits per heavy atom. The highest BCUT2D eigenvalue weighted by molar-refractivity contribution is 9.10. The van der Waals surface area contributed by atoms with Crippen molar-refractivity contribution < 1.29 is 18.0 Å². The highest BCUT2D eigenvalue weighted by Gasteiger charge is 2.39. The second-order valence-corrected chi connectivity index (χ2v) is 8.12. The lowest BCUT2D eigenvalue weighted by atomic mass is 9.96. The summed E-state index contributed by atoms with van der Waals surface area (Å²) >= 11 is 15.1. The average Bonchev–Trinajstić information content (AvgIpc) is 2.57. The van der Waals surface area contributed by atoms with Gasteiger partial charge in [0.2, 0.25) is 0 Å². The van der Waals surface area contributed by atoms with Crippen molar-refractivity contribution in [3.05, 3.63) is 73.2 Å². The van der Waals surface area contributed by atoms with Crippen molar-refractivity contribution in [2.45, 2.75) is 32.1 Å². The second-order valence-electron chi connectivity index (χ2n) is 6.51. The molecule has 0 radical (unpaired) electrons. The maximum Gasteiger partial charge on any atom is 0.399 e. The van der Waals surface area contributed by atoms with E-state index in [1.807, 2.05) is 0 Å². The van der Waals surface area contributed by atoms with Crippen LogP contribution in [0.5, 0.6) is 0 Å². The number of carbonyl (C=O) groups is 1. The minimum absolute atomic E-state index is 0.0726. The summed E-state index contributed by atoms with van der Waals surface area (Å²) in [5.41, 5.74) is 7.01. The van der Waals surface area contributed by atoms with E-state index in [4.69, 9.17) is 28.9 Å². The Balaban J connectivity index is 2.35. The van der Waals surface area contributed by atoms with Crippen LogP contribution in [-0.2, 0) is 0 Å². The normalized spacial score (nSPS) is 14.1. The molecule has 3 nitrogen and oxygen atoms in total. The monoisotopic (exact) mass is 508 g/mol. The van der Waals surface area contributed by atoms with Gasteiger partial charge in [-0.1, -0.05) is 47.5 Å². The van der Waals surface area contributed by atoms with Crippen LogP contribution in [0.25, 0.3) is 6.08 Å². The fraction of sp³-hybridized carbons (Fsp3) is 0.250. The summed E-state index contributed by atoms with van der Waals surface area (Å²) in [6, 6.07) is 7.19. The molecule has 0 spiro atoms. The van der Waals surface area contributed by atoms with E-state index in [1.54, 1.807) is 32.0 Å². The molecule has 0 aliphatic heterocycles. The van der Waals surface area contributed by atoms with Crippen molar-refractivity contribution >= 4 is 51.1 Å². The van der Waals surface area contributed by atoms with Gasteiger partial charge in [0.05, 0.1) is 26.6 Å². The van der Waals surface area contributed by atoms with E-state index in [9.17, 15) is 18.0 Å². The zero-order chi connectivity index (χ0) is 21.9. The average molecular weight is 510 g/mol. The first-order valence-electron chi connectivity index (χ1n) is 8.46. The molecule has 0 aliphatic carbocycles. The Bertz CT molecular complexity index is 923. The van der Waals surface area contributed by atoms with Gasteiger partial charge in [0.1, 0.15) is 0 Å². The van der Waals surface area contributed by atoms with E-state index < -0.39 is 18.3 Å². The first-order chi connectivity index (χ1) is 13.4. The number of amides is 1. The van der Waals surface area contributed by atoms with Crippen molar-refractivity contribution in [3.63, 3.8) is 0 Å². The minimum Gasteiger partial charge on any atom is -0.337 e. The summed E-state index contributed by atoms with van der Waals surface area (Å²) in [5, 5.41) is 2.76. The third kappa shape index (κ3) is 6.22. The Morgan fingerprint density at radius 3 is 2.28 bits per heavy atom. The molecule has 9 heteroatoms. The van der Waals surface area contributed by atoms with E-state index in [1.165, 1.54) is 18.2 Å². The molecule has 0 saturated carbocycles. The Kier molecular flexibility index (Phi) is 7.79. The van der Waals surface area contributed by atoms with Crippen LogP contribution >= 0.6 is 39.1 Å². The smallest absolute Gasteiger partial charge is 0.337 e. The van der Waals surface area contributed by atoms with Crippen molar-refractivity contribution in [1.29, 1.82) is 0 Å². The molecule has 29 heavy (non-hydrogen) atoms. The first kappa shape index (κ1) is 23.7. The third-order valence-corrected chi connectivity index (χ3v) is 5.96. The van der Waals surface area contributed by atoms with E-state index in [0.29, 0.717) is 21.2 Å². The zero-order valence-electron chi connectivity index (χ0n) is 15.4. The maximum absolute atomic E-state index is 13.6. The summed E-state index contributed by atoms with van der Waals surface area (Å²) in [5.74, 6) is -2.24. The molecule has 0 fully saturated rings. The maximum atomic E-state index is 13.6. The molecular weight excluding hydrogens is 492 g/mol. The molecule has 1 amide bonds. The number of benzene rings is 2. The summed E-state index contributed by atoms with van der Waals surface area (Å²) in [4.78, 5) is 12.1. The lowest BCUT2D eigenvalue weighted by Crippen LogP contribution is -2.39. The third-order valence-electron chi connectivity index (χ3n) is 4.05. The molecule has 0 aliphatic rings. The Labute approximate surface area is 185 Å². The number of alkyl halides is 3. The van der Waals surface area contributed by atoms with Crippen molar-refractivity contribution in [2.24, 2.45) is 5.73 Å². The topological polar surface area (TPSA) is 55.1 Å². The summed E-state index contributed by atoms with van der Waals surface area (Å²) in [7, 11) is 0. The van der Waals surface area contributed by atoms with Gasteiger partial charge in [-0.15, -0.1) is 0 Å². The van der Waals surface area contributed by atoms with Gasteiger partial charge < -0.3 is 11.1 Å². The molecule has 2 atom stereocenters. The molecule has 2 rings (SSSR count). The number of rotatable bonds is 5. The van der Waals surface area contributed by atoms with Crippen LogP contribution in [0.2, 0.25) is 10.0 Å². The van der Waals surface area contributed by atoms with Crippen molar-refractivity contribution in [3.8, 4) is 0 Å². The van der Waals surface area contributed by atoms with Gasteiger partial charge >= 0.3 is 6.18 Å². The van der Waals surface area contributed by atoms with Crippen LogP contribution in [0.1, 0.15) is 39.9 Å². The lowest BCUT2D eigenvalue weighted by Gasteiger charge is -2.18. The number of hydrogen-bond acceptors (Lipinski definition) is 2. The summed E-state index contributed by atoms with van der Waals surface area (Å²) < 4.78 is 41.2. The molecule has 156 valence electrons. The number of nitrogens with one attached hydrogen (secondary N) is 1. The summed E-state index contributed by atoms with van der Waals surface area (Å²) in [6.45, 7) is 3.32. The Morgan fingerprint density at radius 1 is 1.21 bits per heavy atom. The van der Waals surface area contributed by atoms with E-state index in [0.717, 1.165) is 6.08 Å². The van der Waals surface area contributed by atoms with Crippen LogP contribution in [0.4, 0.5) is 13.2 Å². The van der Waals surface area contributed by atoms with Crippen LogP contribution in [0.3, 0.4) is 0 Å². The van der Waals surface area contributed by atoms with Gasteiger partial charge in [0.15, 0.2) is 0 Å². The van der Waals surface area contributed by atoms with Gasteiger partial charge in [-0.2, -0.15) is 13.2 Å². The van der Waals surface area contributed by atoms with Gasteiger partial charge in [0.25, 0.3) is 5.91 Å². The SMILES string of the molecule is Cc1cc(/C=C/C(c2cc(Cl)c(Br)c(Cl)c2)C(F)(F)F)ccc1C(=O)N[C@H](C)N. The van der Waals surface area contributed by atoms with Gasteiger partial charge in [-0.25, -0.2) is 0 Å². The summed E-state index contributed by atoms with van der Waals surface area (Å²) in [6.07, 6.45) is -2.67. The number of aryl methyl sites for hydroxylation is 1. The first-order valence-corrected chi connectivity index (χ1v) is 10.0. The molecular formula is C20H18BrCl2F3N2O. The number of halogens is 6. The van der Waals surface area contributed by atoms with Crippen LogP contribution in [0.15, 0.2) is 40.9 Å². The quantitative estimate of drug-likeness (QED) is 0.359. The number of nitrogens with two attached hydrogens (primary N) is 1. The van der Waals surface area contributed by atoms with E-state index in [-0.39, 0.29) is 21.5 Å². The molecule has 3 N–H and O–H groups in total. The van der Waals surface area contributed by atoms with Crippen LogP contribution < -0.4 is 11.1 Å². The van der Waals surface area contributed by atoms with Crippen LogP contribution in [0, 0.1) is 6.92 Å². The number of carbonyl (C=O) groups excluding carboxylic acids is 1. The molecule has 2 aromatic rings. The number of hydrogen-bond donors (Lipinski definition) is 2. The predicted octanol–water partition coefficient (Wildman–Crippen LogP) is 6.46. The fourth-order valence-corrected chi connectivity index (χ4v) is 3.43. The van der Waals surface area contributed by atoms with Crippen molar-refractivity contribution in [1.82, 2.24) is 5.32 Å². The predicted molar refractivity (Wildman–Crippen MR) is 114 cm³/mol. The van der Waals surface area contributed by atoms with E-state index >= 15 is 0 Å². The van der Waals surface area contributed by atoms with Gasteiger partial charge in [0, 0.05) is 5.56 Å². The standard InChI is InChI=1S/C20H18BrCl2F3N2O/c1-10-7-12(3-5-14(10)19(29)28-11(2)27)4-6-15(20(24,25)26)13-8-16(22)18(21)17(23)9-13/h3-9,11,15H,27H2,1-2H3,(H,28,29)/b6-4+/t11-,15?/m1/s1. The zero-order valence-corrected chi connectivity index (χ0v) is 18.5. The molecule has 0 saturated heterocycles. The molecule has 0 heterocycles. The molecule has 0 aromatic heterocycles. The molecule has 1 unspecified atom stereocenters. The minimum atomic E-state index is -4.54. The molecule has 2 aromatic carbocycles. The number of allylic oxidation sites excluding steroid dienone is 1. The van der Waals surface area contributed by atoms with Crippen LogP contribution in [-0.4, -0.2) is 18.2 Å². The highest BCUT2D eigenvalue weighted by Crippen LogP contribution is 2.41. The molecule has 0 bridgehead atoms. The van der Waals surface area contributed by atoms with E-state index in [2.05, 4.69) is 21.2 Å². The fourth-order valence-electron chi connectivity index (χ4n) is 2.70.